The van der Waals surface area contributed by atoms with Crippen LogP contribution in [-0.4, -0.2) is 49.4 Å². The maximum absolute atomic E-state index is 13.7. The van der Waals surface area contributed by atoms with Gasteiger partial charge in [0, 0.05) is 25.9 Å². The number of hydrogen-bond donors (Lipinski definition) is 2. The Labute approximate surface area is 218 Å². The van der Waals surface area contributed by atoms with Crippen LogP contribution in [0, 0.1) is 5.92 Å². The van der Waals surface area contributed by atoms with Crippen molar-refractivity contribution in [3.63, 3.8) is 0 Å². The van der Waals surface area contributed by atoms with Gasteiger partial charge in [0.25, 0.3) is 0 Å². The zero-order valence-corrected chi connectivity index (χ0v) is 21.5. The van der Waals surface area contributed by atoms with Gasteiger partial charge in [-0.15, -0.1) is 0 Å². The Balaban J connectivity index is 1.30. The number of hydrogen-bond acceptors (Lipinski definition) is 3. The lowest BCUT2D eigenvalue weighted by molar-refractivity contribution is -0.136. The van der Waals surface area contributed by atoms with Crippen molar-refractivity contribution in [3.05, 3.63) is 96.1 Å². The molecular formula is C32H35N3O2. The molecule has 2 amide bonds. The van der Waals surface area contributed by atoms with Crippen molar-refractivity contribution >= 4 is 33.4 Å². The van der Waals surface area contributed by atoms with Crippen molar-refractivity contribution < 1.29 is 9.59 Å². The Morgan fingerprint density at radius 3 is 2.05 bits per heavy atom. The second-order valence-electron chi connectivity index (χ2n) is 10.2. The summed E-state index contributed by atoms with van der Waals surface area (Å²) in [6, 6.07) is 28.7. The summed E-state index contributed by atoms with van der Waals surface area (Å²) in [5, 5.41) is 11.2. The number of likely N-dealkylation sites (N-methyl/N-ethyl adjacent to an activating group) is 1. The summed E-state index contributed by atoms with van der Waals surface area (Å²) < 4.78 is 0. The molecule has 0 saturated carbocycles. The van der Waals surface area contributed by atoms with E-state index < -0.39 is 6.04 Å². The molecule has 1 atom stereocenters. The molecule has 5 rings (SSSR count). The number of benzene rings is 4. The van der Waals surface area contributed by atoms with Gasteiger partial charge in [-0.3, -0.25) is 9.59 Å². The minimum absolute atomic E-state index is 0.0106. The van der Waals surface area contributed by atoms with Crippen LogP contribution in [0.2, 0.25) is 0 Å². The van der Waals surface area contributed by atoms with Gasteiger partial charge < -0.3 is 15.5 Å². The zero-order chi connectivity index (χ0) is 25.6. The van der Waals surface area contributed by atoms with E-state index in [9.17, 15) is 9.59 Å². The molecule has 1 aliphatic heterocycles. The van der Waals surface area contributed by atoms with Crippen LogP contribution < -0.4 is 10.6 Å². The average molecular weight is 494 g/mol. The fourth-order valence-corrected chi connectivity index (χ4v) is 5.24. The highest BCUT2D eigenvalue weighted by Crippen LogP contribution is 2.19. The van der Waals surface area contributed by atoms with Crippen molar-refractivity contribution in [2.75, 3.05) is 26.7 Å². The highest BCUT2D eigenvalue weighted by molar-refractivity contribution is 5.89. The number of nitrogens with one attached hydrogen (secondary N) is 2. The minimum atomic E-state index is -0.592. The molecule has 5 heteroatoms. The van der Waals surface area contributed by atoms with Gasteiger partial charge >= 0.3 is 0 Å². The third kappa shape index (κ3) is 6.17. The molecule has 4 aromatic carbocycles. The summed E-state index contributed by atoms with van der Waals surface area (Å²) in [6.07, 6.45) is 2.85. The SMILES string of the molecule is CN(CCc1ccc2ccccc2c1)C(=O)[C@@H](Cc1ccc2ccccc2c1)NC(=O)C1CCNCC1. The summed E-state index contributed by atoms with van der Waals surface area (Å²) in [4.78, 5) is 28.6. The number of carbonyl (C=O) groups is 2. The van der Waals surface area contributed by atoms with Crippen LogP contribution in [0.15, 0.2) is 84.9 Å². The first kappa shape index (κ1) is 25.0. The molecule has 1 fully saturated rings. The van der Waals surface area contributed by atoms with E-state index in [1.165, 1.54) is 21.7 Å². The first-order valence-corrected chi connectivity index (χ1v) is 13.3. The highest BCUT2D eigenvalue weighted by atomic mass is 16.2. The molecule has 1 aliphatic rings. The van der Waals surface area contributed by atoms with Crippen LogP contribution in [0.1, 0.15) is 24.0 Å². The molecule has 0 radical (unpaired) electrons. The van der Waals surface area contributed by atoms with Crippen LogP contribution in [0.4, 0.5) is 0 Å². The van der Waals surface area contributed by atoms with E-state index in [4.69, 9.17) is 0 Å². The first-order valence-electron chi connectivity index (χ1n) is 13.3. The first-order chi connectivity index (χ1) is 18.1. The van der Waals surface area contributed by atoms with E-state index in [2.05, 4.69) is 71.3 Å². The predicted molar refractivity (Wildman–Crippen MR) is 150 cm³/mol. The fraction of sp³-hybridized carbons (Fsp3) is 0.312. The zero-order valence-electron chi connectivity index (χ0n) is 21.5. The summed E-state index contributed by atoms with van der Waals surface area (Å²) in [5.74, 6) is -0.101. The molecule has 1 saturated heterocycles. The topological polar surface area (TPSA) is 61.4 Å². The van der Waals surface area contributed by atoms with Gasteiger partial charge in [0.2, 0.25) is 11.8 Å². The van der Waals surface area contributed by atoms with E-state index in [1.807, 2.05) is 31.3 Å². The summed E-state index contributed by atoms with van der Waals surface area (Å²) in [6.45, 7) is 2.27. The van der Waals surface area contributed by atoms with Crippen LogP contribution in [0.25, 0.3) is 21.5 Å². The molecule has 37 heavy (non-hydrogen) atoms. The van der Waals surface area contributed by atoms with Gasteiger partial charge in [0.1, 0.15) is 6.04 Å². The molecular weight excluding hydrogens is 458 g/mol. The van der Waals surface area contributed by atoms with E-state index in [-0.39, 0.29) is 17.7 Å². The average Bonchev–Trinajstić information content (AvgIpc) is 2.95. The van der Waals surface area contributed by atoms with Crippen molar-refractivity contribution in [1.29, 1.82) is 0 Å². The Morgan fingerprint density at radius 2 is 1.41 bits per heavy atom. The highest BCUT2D eigenvalue weighted by Gasteiger charge is 2.28. The summed E-state index contributed by atoms with van der Waals surface area (Å²) >= 11 is 0. The Bertz CT molecular complexity index is 1390. The number of piperidine rings is 1. The minimum Gasteiger partial charge on any atom is -0.344 e. The van der Waals surface area contributed by atoms with E-state index in [0.717, 1.165) is 43.3 Å². The van der Waals surface area contributed by atoms with Gasteiger partial charge in [-0.2, -0.15) is 0 Å². The molecule has 5 nitrogen and oxygen atoms in total. The fourth-order valence-electron chi connectivity index (χ4n) is 5.24. The second kappa shape index (κ2) is 11.6. The van der Waals surface area contributed by atoms with Gasteiger partial charge in [0.15, 0.2) is 0 Å². The molecule has 1 heterocycles. The predicted octanol–water partition coefficient (Wildman–Crippen LogP) is 4.72. The normalized spacial score (nSPS) is 14.9. The molecule has 0 aromatic heterocycles. The summed E-state index contributed by atoms with van der Waals surface area (Å²) in [7, 11) is 1.84. The summed E-state index contributed by atoms with van der Waals surface area (Å²) in [5.41, 5.74) is 2.24. The standard InChI is InChI=1S/C32H35N3O2/c1-35(19-16-23-10-12-25-6-2-4-8-28(25)20-23)32(37)30(34-31(36)27-14-17-33-18-15-27)22-24-11-13-26-7-3-5-9-29(26)21-24/h2-13,20-21,27,30,33H,14-19,22H2,1H3,(H,34,36)/t30-/m1/s1. The lowest BCUT2D eigenvalue weighted by Gasteiger charge is -2.28. The van der Waals surface area contributed by atoms with Crippen LogP contribution in [0.3, 0.4) is 0 Å². The van der Waals surface area contributed by atoms with Crippen molar-refractivity contribution in [2.24, 2.45) is 5.92 Å². The monoisotopic (exact) mass is 493 g/mol. The number of fused-ring (bicyclic) bond motifs is 2. The van der Waals surface area contributed by atoms with Crippen LogP contribution in [-0.2, 0) is 22.4 Å². The van der Waals surface area contributed by atoms with E-state index in [0.29, 0.717) is 13.0 Å². The Hall–Kier alpha value is -3.70. The lowest BCUT2D eigenvalue weighted by Crippen LogP contribution is -2.51. The second-order valence-corrected chi connectivity index (χ2v) is 10.2. The van der Waals surface area contributed by atoms with Crippen LogP contribution >= 0.6 is 0 Å². The van der Waals surface area contributed by atoms with E-state index in [1.54, 1.807) is 4.90 Å². The van der Waals surface area contributed by atoms with Crippen molar-refractivity contribution in [2.45, 2.75) is 31.7 Å². The van der Waals surface area contributed by atoms with Crippen LogP contribution in [0.5, 0.6) is 0 Å². The molecule has 190 valence electrons. The number of nitrogens with zero attached hydrogens (tertiary/aromatic N) is 1. The van der Waals surface area contributed by atoms with E-state index >= 15 is 0 Å². The molecule has 0 unspecified atom stereocenters. The van der Waals surface area contributed by atoms with Crippen molar-refractivity contribution in [3.8, 4) is 0 Å². The largest absolute Gasteiger partial charge is 0.344 e. The van der Waals surface area contributed by atoms with Gasteiger partial charge in [0.05, 0.1) is 0 Å². The maximum atomic E-state index is 13.7. The van der Waals surface area contributed by atoms with Gasteiger partial charge in [-0.05, 0) is 65.0 Å². The smallest absolute Gasteiger partial charge is 0.245 e. The molecule has 2 N–H and O–H groups in total. The maximum Gasteiger partial charge on any atom is 0.245 e. The number of carbonyl (C=O) groups excluding carboxylic acids is 2. The molecule has 0 spiro atoms. The number of rotatable bonds is 8. The quantitative estimate of drug-likeness (QED) is 0.373. The third-order valence-corrected chi connectivity index (χ3v) is 7.50. The lowest BCUT2D eigenvalue weighted by atomic mass is 9.95. The number of amides is 2. The Morgan fingerprint density at radius 1 is 0.838 bits per heavy atom. The molecule has 0 bridgehead atoms. The molecule has 0 aliphatic carbocycles. The van der Waals surface area contributed by atoms with Crippen molar-refractivity contribution in [1.82, 2.24) is 15.5 Å². The Kier molecular flexibility index (Phi) is 7.81. The van der Waals surface area contributed by atoms with Gasteiger partial charge in [-0.25, -0.2) is 0 Å². The van der Waals surface area contributed by atoms with Gasteiger partial charge in [-0.1, -0.05) is 84.9 Å². The third-order valence-electron chi connectivity index (χ3n) is 7.50. The molecule has 4 aromatic rings.